The molecule has 2 heterocycles. The maximum absolute atomic E-state index is 13.1. The van der Waals surface area contributed by atoms with Gasteiger partial charge in [0.1, 0.15) is 0 Å². The zero-order valence-corrected chi connectivity index (χ0v) is 23.7. The normalized spacial score (nSPS) is 25.0. The smallest absolute Gasteiger partial charge is 0.331 e. The largest absolute Gasteiger partial charge is 0.481 e. The summed E-state index contributed by atoms with van der Waals surface area (Å²) in [5.74, 6) is -2.61. The van der Waals surface area contributed by atoms with Gasteiger partial charge >= 0.3 is 11.9 Å². The van der Waals surface area contributed by atoms with E-state index in [1.54, 1.807) is 19.1 Å². The molecule has 0 spiro atoms. The summed E-state index contributed by atoms with van der Waals surface area (Å²) in [5, 5.41) is 20.0. The summed E-state index contributed by atoms with van der Waals surface area (Å²) in [7, 11) is 0. The molecule has 1 amide bonds. The lowest BCUT2D eigenvalue weighted by molar-refractivity contribution is -0.153. The molecule has 2 saturated heterocycles. The predicted octanol–water partition coefficient (Wildman–Crippen LogP) is 5.25. The molecule has 5 rings (SSSR count). The SMILES string of the molecule is CC1C(C(=O)O)=CC=CC1(C(=O)O)C1CCN(CCC2(c3ccccc3)CCN(C(=O)c3ccccc3)CC2)CC1. The van der Waals surface area contributed by atoms with E-state index in [0.717, 1.165) is 57.5 Å². The van der Waals surface area contributed by atoms with Crippen molar-refractivity contribution in [1.29, 1.82) is 0 Å². The minimum Gasteiger partial charge on any atom is -0.481 e. The van der Waals surface area contributed by atoms with Crippen molar-refractivity contribution in [3.8, 4) is 0 Å². The van der Waals surface area contributed by atoms with Crippen LogP contribution in [0.15, 0.2) is 84.5 Å². The molecule has 2 atom stereocenters. The molecule has 1 aliphatic carbocycles. The number of amides is 1. The van der Waals surface area contributed by atoms with Gasteiger partial charge in [-0.25, -0.2) is 4.79 Å². The second-order valence-corrected chi connectivity index (χ2v) is 11.9. The van der Waals surface area contributed by atoms with Crippen LogP contribution in [0.4, 0.5) is 0 Å². The molecule has 2 fully saturated rings. The van der Waals surface area contributed by atoms with E-state index in [4.69, 9.17) is 0 Å². The second kappa shape index (κ2) is 12.0. The molecule has 2 unspecified atom stereocenters. The predicted molar refractivity (Wildman–Crippen MR) is 158 cm³/mol. The van der Waals surface area contributed by atoms with E-state index >= 15 is 0 Å². The average Bonchev–Trinajstić information content (AvgIpc) is 3.01. The number of carbonyl (C=O) groups is 3. The Morgan fingerprint density at radius 1 is 0.878 bits per heavy atom. The van der Waals surface area contributed by atoms with Crippen LogP contribution in [0.1, 0.15) is 54.9 Å². The molecule has 0 saturated carbocycles. The van der Waals surface area contributed by atoms with Gasteiger partial charge in [-0.2, -0.15) is 0 Å². The molecule has 41 heavy (non-hydrogen) atoms. The number of allylic oxidation sites excluding steroid dienone is 2. The highest BCUT2D eigenvalue weighted by atomic mass is 16.4. The van der Waals surface area contributed by atoms with Crippen molar-refractivity contribution in [2.75, 3.05) is 32.7 Å². The minimum atomic E-state index is -1.20. The number of carboxylic acid groups (broad SMARTS) is 2. The topological polar surface area (TPSA) is 98.1 Å². The van der Waals surface area contributed by atoms with Gasteiger partial charge in [0.05, 0.1) is 5.41 Å². The number of carboxylic acids is 2. The molecule has 0 bridgehead atoms. The van der Waals surface area contributed by atoms with Gasteiger partial charge in [-0.05, 0) is 80.8 Å². The number of hydrogen-bond donors (Lipinski definition) is 2. The van der Waals surface area contributed by atoms with Crippen LogP contribution in [-0.2, 0) is 15.0 Å². The molecule has 2 N–H and O–H groups in total. The lowest BCUT2D eigenvalue weighted by Crippen LogP contribution is -2.50. The Morgan fingerprint density at radius 3 is 2.07 bits per heavy atom. The Kier molecular flexibility index (Phi) is 8.45. The molecular formula is C34H40N2O5. The Labute approximate surface area is 242 Å². The van der Waals surface area contributed by atoms with Crippen molar-refractivity contribution in [3.63, 3.8) is 0 Å². The lowest BCUT2D eigenvalue weighted by atomic mass is 9.60. The Morgan fingerprint density at radius 2 is 1.49 bits per heavy atom. The molecule has 0 aromatic heterocycles. The van der Waals surface area contributed by atoms with Crippen molar-refractivity contribution in [2.45, 2.75) is 44.4 Å². The summed E-state index contributed by atoms with van der Waals surface area (Å²) in [6.45, 7) is 5.65. The monoisotopic (exact) mass is 556 g/mol. The standard InChI is InChI=1S/C34H40N2O5/c1-25-29(31(38)39)13-8-16-34(25,32(40)41)28-14-20-35(21-15-28)22-17-33(27-11-6-3-7-12-27)18-23-36(24-19-33)30(37)26-9-4-2-5-10-26/h2-13,16,25,28H,14-15,17-24H2,1H3,(H,38,39)(H,40,41). The Hall–Kier alpha value is -3.71. The molecule has 7 heteroatoms. The summed E-state index contributed by atoms with van der Waals surface area (Å²) < 4.78 is 0. The van der Waals surface area contributed by atoms with Crippen LogP contribution in [0, 0.1) is 17.3 Å². The van der Waals surface area contributed by atoms with Gasteiger partial charge < -0.3 is 20.0 Å². The maximum Gasteiger partial charge on any atom is 0.331 e. The molecule has 2 aliphatic heterocycles. The summed E-state index contributed by atoms with van der Waals surface area (Å²) in [6.07, 6.45) is 9.08. The Balaban J connectivity index is 1.24. The zero-order valence-electron chi connectivity index (χ0n) is 23.7. The van der Waals surface area contributed by atoms with Gasteiger partial charge in [0.2, 0.25) is 0 Å². The first-order valence-electron chi connectivity index (χ1n) is 14.8. The highest BCUT2D eigenvalue weighted by Gasteiger charge is 2.52. The van der Waals surface area contributed by atoms with Crippen LogP contribution < -0.4 is 0 Å². The van der Waals surface area contributed by atoms with Gasteiger partial charge in [0.25, 0.3) is 5.91 Å². The average molecular weight is 557 g/mol. The number of benzene rings is 2. The van der Waals surface area contributed by atoms with Crippen molar-refractivity contribution in [3.05, 3.63) is 95.6 Å². The van der Waals surface area contributed by atoms with Crippen LogP contribution in [-0.4, -0.2) is 70.6 Å². The molecular weight excluding hydrogens is 516 g/mol. The maximum atomic E-state index is 13.1. The number of hydrogen-bond acceptors (Lipinski definition) is 4. The van der Waals surface area contributed by atoms with Crippen LogP contribution in [0.2, 0.25) is 0 Å². The van der Waals surface area contributed by atoms with Crippen molar-refractivity contribution in [2.24, 2.45) is 17.3 Å². The van der Waals surface area contributed by atoms with Crippen LogP contribution in [0.25, 0.3) is 0 Å². The summed E-state index contributed by atoms with van der Waals surface area (Å²) in [4.78, 5) is 41.9. The number of aliphatic carboxylic acids is 2. The Bertz CT molecular complexity index is 1310. The fourth-order valence-electron chi connectivity index (χ4n) is 7.42. The van der Waals surface area contributed by atoms with E-state index in [1.807, 2.05) is 41.3 Å². The van der Waals surface area contributed by atoms with Gasteiger partial charge in [-0.15, -0.1) is 0 Å². The minimum absolute atomic E-state index is 0.0182. The highest BCUT2D eigenvalue weighted by Crippen LogP contribution is 2.48. The van der Waals surface area contributed by atoms with E-state index in [1.165, 1.54) is 11.6 Å². The van der Waals surface area contributed by atoms with Crippen molar-refractivity contribution in [1.82, 2.24) is 9.80 Å². The van der Waals surface area contributed by atoms with E-state index in [0.29, 0.717) is 12.8 Å². The van der Waals surface area contributed by atoms with Crippen molar-refractivity contribution < 1.29 is 24.6 Å². The van der Waals surface area contributed by atoms with Crippen molar-refractivity contribution >= 4 is 17.8 Å². The first kappa shape index (κ1) is 28.8. The third kappa shape index (κ3) is 5.60. The molecule has 216 valence electrons. The quantitative estimate of drug-likeness (QED) is 0.461. The third-order valence-corrected chi connectivity index (χ3v) is 10.0. The van der Waals surface area contributed by atoms with Gasteiger partial charge in [-0.1, -0.05) is 73.7 Å². The van der Waals surface area contributed by atoms with Crippen LogP contribution in [0.3, 0.4) is 0 Å². The zero-order chi connectivity index (χ0) is 29.0. The fraction of sp³-hybridized carbons (Fsp3) is 0.441. The first-order chi connectivity index (χ1) is 19.8. The number of nitrogens with zero attached hydrogens (tertiary/aromatic N) is 2. The van der Waals surface area contributed by atoms with Gasteiger partial charge in [0.15, 0.2) is 0 Å². The van der Waals surface area contributed by atoms with Gasteiger partial charge in [0, 0.05) is 30.1 Å². The number of piperidine rings is 2. The van der Waals surface area contributed by atoms with E-state index in [2.05, 4.69) is 29.2 Å². The first-order valence-corrected chi connectivity index (χ1v) is 14.8. The lowest BCUT2D eigenvalue weighted by Gasteiger charge is -2.46. The molecule has 2 aromatic rings. The molecule has 0 radical (unpaired) electrons. The van der Waals surface area contributed by atoms with Crippen LogP contribution >= 0.6 is 0 Å². The van der Waals surface area contributed by atoms with E-state index in [9.17, 15) is 24.6 Å². The fourth-order valence-corrected chi connectivity index (χ4v) is 7.42. The van der Waals surface area contributed by atoms with Gasteiger partial charge in [-0.3, -0.25) is 9.59 Å². The molecule has 3 aliphatic rings. The van der Waals surface area contributed by atoms with E-state index < -0.39 is 23.3 Å². The number of carbonyl (C=O) groups excluding carboxylic acids is 1. The summed E-state index contributed by atoms with van der Waals surface area (Å²) in [6, 6.07) is 20.1. The summed E-state index contributed by atoms with van der Waals surface area (Å²) in [5.41, 5.74) is 1.00. The third-order valence-electron chi connectivity index (χ3n) is 10.0. The summed E-state index contributed by atoms with van der Waals surface area (Å²) >= 11 is 0. The molecule has 2 aromatic carbocycles. The molecule has 7 nitrogen and oxygen atoms in total. The number of rotatable bonds is 8. The number of likely N-dealkylation sites (tertiary alicyclic amines) is 2. The highest BCUT2D eigenvalue weighted by molar-refractivity contribution is 5.94. The van der Waals surface area contributed by atoms with E-state index in [-0.39, 0.29) is 22.8 Å². The second-order valence-electron chi connectivity index (χ2n) is 11.9. The van der Waals surface area contributed by atoms with Crippen LogP contribution in [0.5, 0.6) is 0 Å².